The summed E-state index contributed by atoms with van der Waals surface area (Å²) in [6, 6.07) is 5.20. The van der Waals surface area contributed by atoms with Gasteiger partial charge < -0.3 is 15.4 Å². The van der Waals surface area contributed by atoms with Crippen molar-refractivity contribution in [3.05, 3.63) is 58.4 Å². The molecule has 3 aliphatic carbocycles. The zero-order valence-corrected chi connectivity index (χ0v) is 16.3. The van der Waals surface area contributed by atoms with Crippen molar-refractivity contribution < 1.29 is 23.1 Å². The Morgan fingerprint density at radius 1 is 1.14 bits per heavy atom. The lowest BCUT2D eigenvalue weighted by atomic mass is 9.44. The number of amides is 2. The first-order valence-corrected chi connectivity index (χ1v) is 9.41. The molecule has 1 heterocycles. The summed E-state index contributed by atoms with van der Waals surface area (Å²) in [5.41, 5.74) is -0.432. The fourth-order valence-corrected chi connectivity index (χ4v) is 4.22. The van der Waals surface area contributed by atoms with E-state index in [1.807, 2.05) is 0 Å². The number of aryl methyl sites for hydroxylation is 1. The highest BCUT2D eigenvalue weighted by atomic mass is 35.5. The fraction of sp³-hybridized carbons (Fsp3) is 0.350. The molecule has 2 bridgehead atoms. The number of halogens is 3. The third-order valence-electron chi connectivity index (χ3n) is 5.27. The minimum absolute atomic E-state index is 0.0243. The van der Waals surface area contributed by atoms with E-state index in [1.165, 1.54) is 24.4 Å². The number of aromatic nitrogens is 1. The molecule has 3 saturated carbocycles. The van der Waals surface area contributed by atoms with Crippen LogP contribution in [0.25, 0.3) is 0 Å². The van der Waals surface area contributed by atoms with Gasteiger partial charge in [-0.2, -0.15) is 0 Å². The highest BCUT2D eigenvalue weighted by Gasteiger charge is 2.69. The molecule has 9 heteroatoms. The lowest BCUT2D eigenvalue weighted by Crippen LogP contribution is -2.84. The number of benzene rings is 1. The SMILES string of the molecule is Cc1cnc(C(=O)NC23CC(NC(=O)COc4ccc(Cl)c(F)c4)(C2)C3)c(F)c1. The maximum absolute atomic E-state index is 13.9. The second-order valence-electron chi connectivity index (χ2n) is 7.80. The lowest BCUT2D eigenvalue weighted by Gasteiger charge is -2.70. The van der Waals surface area contributed by atoms with Crippen LogP contribution in [0.1, 0.15) is 35.3 Å². The first-order chi connectivity index (χ1) is 13.7. The van der Waals surface area contributed by atoms with Crippen LogP contribution >= 0.6 is 11.6 Å². The topological polar surface area (TPSA) is 80.3 Å². The molecule has 3 fully saturated rings. The normalized spacial score (nSPS) is 24.1. The summed E-state index contributed by atoms with van der Waals surface area (Å²) in [4.78, 5) is 28.3. The Hall–Kier alpha value is -2.74. The molecule has 1 aromatic carbocycles. The molecule has 0 unspecified atom stereocenters. The van der Waals surface area contributed by atoms with Gasteiger partial charge in [-0.05, 0) is 49.9 Å². The van der Waals surface area contributed by atoms with Gasteiger partial charge in [0, 0.05) is 23.3 Å². The van der Waals surface area contributed by atoms with E-state index < -0.39 is 28.6 Å². The Morgan fingerprint density at radius 3 is 2.48 bits per heavy atom. The maximum atomic E-state index is 13.9. The summed E-state index contributed by atoms with van der Waals surface area (Å²) < 4.78 is 32.6. The highest BCUT2D eigenvalue weighted by Crippen LogP contribution is 2.60. The second-order valence-corrected chi connectivity index (χ2v) is 8.21. The van der Waals surface area contributed by atoms with Gasteiger partial charge in [0.15, 0.2) is 18.1 Å². The standard InChI is InChI=1S/C20H18ClF2N3O3/c1-11-4-15(23)17(24-6-11)18(28)26-20-8-19(9-20,10-20)25-16(27)7-29-12-2-3-13(21)14(22)5-12/h2-6H,7-10H2,1H3,(H,25,27)(H,26,28). The van der Waals surface area contributed by atoms with Crippen LogP contribution in [0, 0.1) is 18.6 Å². The van der Waals surface area contributed by atoms with E-state index in [2.05, 4.69) is 15.6 Å². The van der Waals surface area contributed by atoms with Crippen molar-refractivity contribution in [1.29, 1.82) is 0 Å². The summed E-state index contributed by atoms with van der Waals surface area (Å²) in [5.74, 6) is -1.98. The molecular weight excluding hydrogens is 404 g/mol. The van der Waals surface area contributed by atoms with Gasteiger partial charge in [0.25, 0.3) is 11.8 Å². The molecule has 2 aromatic rings. The molecule has 3 aliphatic rings. The minimum Gasteiger partial charge on any atom is -0.484 e. The van der Waals surface area contributed by atoms with Crippen LogP contribution in [-0.4, -0.2) is 34.5 Å². The van der Waals surface area contributed by atoms with Gasteiger partial charge in [-0.15, -0.1) is 0 Å². The largest absolute Gasteiger partial charge is 0.484 e. The van der Waals surface area contributed by atoms with Gasteiger partial charge in [-0.3, -0.25) is 9.59 Å². The van der Waals surface area contributed by atoms with Crippen molar-refractivity contribution >= 4 is 23.4 Å². The summed E-state index contributed by atoms with van der Waals surface area (Å²) in [7, 11) is 0. The average molecular weight is 422 g/mol. The van der Waals surface area contributed by atoms with Crippen LogP contribution in [0.15, 0.2) is 30.5 Å². The first-order valence-electron chi connectivity index (χ1n) is 9.03. The monoisotopic (exact) mass is 421 g/mol. The van der Waals surface area contributed by atoms with Crippen LogP contribution in [0.4, 0.5) is 8.78 Å². The maximum Gasteiger partial charge on any atom is 0.273 e. The van der Waals surface area contributed by atoms with Crippen molar-refractivity contribution in [2.75, 3.05) is 6.61 Å². The zero-order valence-electron chi connectivity index (χ0n) is 15.5. The van der Waals surface area contributed by atoms with E-state index in [-0.39, 0.29) is 29.0 Å². The molecule has 0 radical (unpaired) electrons. The molecule has 0 aliphatic heterocycles. The predicted octanol–water partition coefficient (Wildman–Crippen LogP) is 2.92. The highest BCUT2D eigenvalue weighted by molar-refractivity contribution is 6.30. The van der Waals surface area contributed by atoms with E-state index in [0.717, 1.165) is 6.07 Å². The van der Waals surface area contributed by atoms with Gasteiger partial charge in [-0.25, -0.2) is 13.8 Å². The Labute approximate surface area is 170 Å². The van der Waals surface area contributed by atoms with Gasteiger partial charge in [0.1, 0.15) is 11.6 Å². The summed E-state index contributed by atoms with van der Waals surface area (Å²) in [6.45, 7) is 1.43. The van der Waals surface area contributed by atoms with Crippen LogP contribution in [0.2, 0.25) is 5.02 Å². The smallest absolute Gasteiger partial charge is 0.273 e. The molecule has 0 atom stereocenters. The Balaban J connectivity index is 1.26. The van der Waals surface area contributed by atoms with Crippen molar-refractivity contribution in [1.82, 2.24) is 15.6 Å². The van der Waals surface area contributed by atoms with Crippen molar-refractivity contribution in [2.24, 2.45) is 0 Å². The molecule has 2 amide bonds. The van der Waals surface area contributed by atoms with E-state index in [1.54, 1.807) is 6.92 Å². The number of pyridine rings is 1. The van der Waals surface area contributed by atoms with E-state index in [0.29, 0.717) is 24.8 Å². The molecule has 6 nitrogen and oxygen atoms in total. The number of carbonyl (C=O) groups is 2. The van der Waals surface area contributed by atoms with E-state index >= 15 is 0 Å². The number of nitrogens with zero attached hydrogens (tertiary/aromatic N) is 1. The average Bonchev–Trinajstić information content (AvgIpc) is 2.59. The molecular formula is C20H18ClF2N3O3. The van der Waals surface area contributed by atoms with Gasteiger partial charge in [0.2, 0.25) is 0 Å². The van der Waals surface area contributed by atoms with Crippen LogP contribution in [-0.2, 0) is 4.79 Å². The quantitative estimate of drug-likeness (QED) is 0.751. The summed E-state index contributed by atoms with van der Waals surface area (Å²) in [6.07, 6.45) is 3.11. The van der Waals surface area contributed by atoms with Gasteiger partial charge >= 0.3 is 0 Å². The van der Waals surface area contributed by atoms with Gasteiger partial charge in [0.05, 0.1) is 5.02 Å². The molecule has 1 aromatic heterocycles. The molecule has 0 saturated heterocycles. The Morgan fingerprint density at radius 2 is 1.83 bits per heavy atom. The first kappa shape index (κ1) is 19.6. The van der Waals surface area contributed by atoms with Crippen molar-refractivity contribution in [3.8, 4) is 5.75 Å². The third kappa shape index (κ3) is 3.76. The molecule has 29 heavy (non-hydrogen) atoms. The van der Waals surface area contributed by atoms with E-state index in [9.17, 15) is 18.4 Å². The number of rotatable bonds is 6. The van der Waals surface area contributed by atoms with Crippen LogP contribution in [0.5, 0.6) is 5.75 Å². The minimum atomic E-state index is -0.659. The predicted molar refractivity (Wildman–Crippen MR) is 101 cm³/mol. The lowest BCUT2D eigenvalue weighted by molar-refractivity contribution is -0.141. The summed E-state index contributed by atoms with van der Waals surface area (Å²) in [5, 5.41) is 5.69. The summed E-state index contributed by atoms with van der Waals surface area (Å²) >= 11 is 5.60. The van der Waals surface area contributed by atoms with Crippen molar-refractivity contribution in [3.63, 3.8) is 0 Å². The van der Waals surface area contributed by atoms with Crippen LogP contribution < -0.4 is 15.4 Å². The zero-order chi connectivity index (χ0) is 20.8. The molecule has 152 valence electrons. The van der Waals surface area contributed by atoms with E-state index in [4.69, 9.17) is 16.3 Å². The third-order valence-corrected chi connectivity index (χ3v) is 5.57. The van der Waals surface area contributed by atoms with Crippen molar-refractivity contribution in [2.45, 2.75) is 37.3 Å². The number of hydrogen-bond acceptors (Lipinski definition) is 4. The number of carbonyl (C=O) groups excluding carboxylic acids is 2. The van der Waals surface area contributed by atoms with Crippen LogP contribution in [0.3, 0.4) is 0 Å². The Bertz CT molecular complexity index is 995. The number of ether oxygens (including phenoxy) is 1. The Kier molecular flexibility index (Phi) is 4.69. The molecule has 5 rings (SSSR count). The molecule has 2 N–H and O–H groups in total. The number of nitrogens with one attached hydrogen (secondary N) is 2. The molecule has 0 spiro atoms. The second kappa shape index (κ2) is 6.95. The number of hydrogen-bond donors (Lipinski definition) is 2. The fourth-order valence-electron chi connectivity index (χ4n) is 4.10. The van der Waals surface area contributed by atoms with Gasteiger partial charge in [-0.1, -0.05) is 11.6 Å².